The second kappa shape index (κ2) is 5.46. The molecule has 2 nitrogen and oxygen atoms in total. The molecule has 16 heavy (non-hydrogen) atoms. The minimum Gasteiger partial charge on any atom is -0.271 e. The van der Waals surface area contributed by atoms with Crippen LogP contribution in [0.3, 0.4) is 0 Å². The molecule has 1 aliphatic carbocycles. The maximum atomic E-state index is 5.71. The minimum absolute atomic E-state index is 0.341. The summed E-state index contributed by atoms with van der Waals surface area (Å²) in [7, 11) is 0. The van der Waals surface area contributed by atoms with Crippen LogP contribution in [-0.4, -0.2) is 0 Å². The van der Waals surface area contributed by atoms with Crippen molar-refractivity contribution in [2.75, 3.05) is 0 Å². The Kier molecular flexibility index (Phi) is 3.97. The monoisotopic (exact) mass is 218 g/mol. The van der Waals surface area contributed by atoms with E-state index in [-0.39, 0.29) is 0 Å². The Hall–Kier alpha value is -0.860. The molecule has 0 radical (unpaired) electrons. The van der Waals surface area contributed by atoms with Gasteiger partial charge >= 0.3 is 0 Å². The van der Waals surface area contributed by atoms with E-state index in [0.29, 0.717) is 6.04 Å². The fraction of sp³-hybridized carbons (Fsp3) is 0.571. The van der Waals surface area contributed by atoms with Gasteiger partial charge in [-0.2, -0.15) is 0 Å². The van der Waals surface area contributed by atoms with Gasteiger partial charge in [-0.3, -0.25) is 11.3 Å². The van der Waals surface area contributed by atoms with E-state index in [1.807, 2.05) is 0 Å². The fourth-order valence-electron chi connectivity index (χ4n) is 2.76. The number of rotatable bonds is 4. The van der Waals surface area contributed by atoms with Crippen molar-refractivity contribution < 1.29 is 0 Å². The zero-order chi connectivity index (χ0) is 11.4. The van der Waals surface area contributed by atoms with Gasteiger partial charge in [-0.25, -0.2) is 0 Å². The first kappa shape index (κ1) is 11.6. The molecule has 88 valence electrons. The molecule has 0 saturated heterocycles. The molecule has 1 aromatic rings. The lowest BCUT2D eigenvalue weighted by molar-refractivity contribution is 0.373. The summed E-state index contributed by atoms with van der Waals surface area (Å²) in [6.07, 6.45) is 6.44. The van der Waals surface area contributed by atoms with Gasteiger partial charge in [-0.05, 0) is 36.3 Å². The largest absolute Gasteiger partial charge is 0.271 e. The van der Waals surface area contributed by atoms with Gasteiger partial charge < -0.3 is 0 Å². The normalized spacial score (nSPS) is 18.9. The Bertz CT molecular complexity index is 312. The third-order valence-electron chi connectivity index (χ3n) is 3.80. The molecule has 0 bridgehead atoms. The molecule has 0 heterocycles. The predicted molar refractivity (Wildman–Crippen MR) is 67.8 cm³/mol. The third kappa shape index (κ3) is 2.45. The summed E-state index contributed by atoms with van der Waals surface area (Å²) < 4.78 is 0. The molecule has 3 N–H and O–H groups in total. The van der Waals surface area contributed by atoms with Crippen molar-refractivity contribution in [3.05, 3.63) is 35.4 Å². The van der Waals surface area contributed by atoms with Crippen LogP contribution in [0, 0.1) is 5.92 Å². The van der Waals surface area contributed by atoms with Gasteiger partial charge in [0.25, 0.3) is 0 Å². The molecule has 1 fully saturated rings. The number of aryl methyl sites for hydroxylation is 1. The summed E-state index contributed by atoms with van der Waals surface area (Å²) in [4.78, 5) is 0. The Morgan fingerprint density at radius 3 is 2.38 bits per heavy atom. The van der Waals surface area contributed by atoms with Crippen LogP contribution in [0.1, 0.15) is 49.8 Å². The summed E-state index contributed by atoms with van der Waals surface area (Å²) in [6.45, 7) is 2.19. The quantitative estimate of drug-likeness (QED) is 0.602. The standard InChI is InChI=1S/C14H22N2/c1-2-11-7-9-13(10-8-11)14(16-15)12-5-3-4-6-12/h7-10,12,14,16H,2-6,15H2,1H3. The van der Waals surface area contributed by atoms with E-state index in [4.69, 9.17) is 5.84 Å². The first-order chi connectivity index (χ1) is 7.85. The Morgan fingerprint density at radius 2 is 1.88 bits per heavy atom. The van der Waals surface area contributed by atoms with Crippen molar-refractivity contribution in [3.63, 3.8) is 0 Å². The minimum atomic E-state index is 0.341. The van der Waals surface area contributed by atoms with E-state index in [1.54, 1.807) is 0 Å². The number of hydrogen-bond donors (Lipinski definition) is 2. The molecule has 1 saturated carbocycles. The van der Waals surface area contributed by atoms with Gasteiger partial charge in [-0.15, -0.1) is 0 Å². The van der Waals surface area contributed by atoms with Gasteiger partial charge in [0.2, 0.25) is 0 Å². The van der Waals surface area contributed by atoms with E-state index in [9.17, 15) is 0 Å². The lowest BCUT2D eigenvalue weighted by atomic mass is 9.91. The highest BCUT2D eigenvalue weighted by molar-refractivity contribution is 5.25. The van der Waals surface area contributed by atoms with E-state index in [2.05, 4.69) is 36.6 Å². The summed E-state index contributed by atoms with van der Waals surface area (Å²) in [5, 5.41) is 0. The Morgan fingerprint density at radius 1 is 1.25 bits per heavy atom. The van der Waals surface area contributed by atoms with Crippen LogP contribution in [-0.2, 0) is 6.42 Å². The SMILES string of the molecule is CCc1ccc(C(NN)C2CCCC2)cc1. The molecular formula is C14H22N2. The molecule has 1 unspecified atom stereocenters. The van der Waals surface area contributed by atoms with Gasteiger partial charge in [0, 0.05) is 6.04 Å². The summed E-state index contributed by atoms with van der Waals surface area (Å²) >= 11 is 0. The van der Waals surface area contributed by atoms with Crippen molar-refractivity contribution >= 4 is 0 Å². The van der Waals surface area contributed by atoms with Crippen molar-refractivity contribution in [1.29, 1.82) is 0 Å². The van der Waals surface area contributed by atoms with Crippen molar-refractivity contribution in [2.45, 2.75) is 45.1 Å². The zero-order valence-corrected chi connectivity index (χ0v) is 10.1. The molecule has 0 spiro atoms. The number of nitrogens with one attached hydrogen (secondary N) is 1. The molecule has 1 aromatic carbocycles. The topological polar surface area (TPSA) is 38.0 Å². The highest BCUT2D eigenvalue weighted by Crippen LogP contribution is 2.35. The average molecular weight is 218 g/mol. The average Bonchev–Trinajstić information content (AvgIpc) is 2.85. The van der Waals surface area contributed by atoms with E-state index in [1.165, 1.54) is 36.8 Å². The maximum Gasteiger partial charge on any atom is 0.0488 e. The molecule has 0 aromatic heterocycles. The first-order valence-electron chi connectivity index (χ1n) is 6.40. The predicted octanol–water partition coefficient (Wildman–Crippen LogP) is 2.94. The summed E-state index contributed by atoms with van der Waals surface area (Å²) in [5.41, 5.74) is 5.73. The van der Waals surface area contributed by atoms with Crippen LogP contribution in [0.15, 0.2) is 24.3 Å². The van der Waals surface area contributed by atoms with Crippen molar-refractivity contribution in [2.24, 2.45) is 11.8 Å². The van der Waals surface area contributed by atoms with Crippen LogP contribution in [0.5, 0.6) is 0 Å². The fourth-order valence-corrected chi connectivity index (χ4v) is 2.76. The number of hydrazine groups is 1. The van der Waals surface area contributed by atoms with Gasteiger partial charge in [0.1, 0.15) is 0 Å². The van der Waals surface area contributed by atoms with Crippen LogP contribution >= 0.6 is 0 Å². The van der Waals surface area contributed by atoms with Crippen molar-refractivity contribution in [1.82, 2.24) is 5.43 Å². The number of benzene rings is 1. The first-order valence-corrected chi connectivity index (χ1v) is 6.40. The summed E-state index contributed by atoms with van der Waals surface area (Å²) in [6, 6.07) is 9.22. The molecule has 1 aliphatic rings. The molecule has 1 atom stereocenters. The van der Waals surface area contributed by atoms with Crippen LogP contribution < -0.4 is 11.3 Å². The molecular weight excluding hydrogens is 196 g/mol. The molecule has 2 rings (SSSR count). The van der Waals surface area contributed by atoms with Crippen LogP contribution in [0.25, 0.3) is 0 Å². The van der Waals surface area contributed by atoms with E-state index < -0.39 is 0 Å². The van der Waals surface area contributed by atoms with E-state index in [0.717, 1.165) is 12.3 Å². The highest BCUT2D eigenvalue weighted by Gasteiger charge is 2.25. The van der Waals surface area contributed by atoms with Gasteiger partial charge in [0.05, 0.1) is 0 Å². The smallest absolute Gasteiger partial charge is 0.0488 e. The maximum absolute atomic E-state index is 5.71. The van der Waals surface area contributed by atoms with E-state index >= 15 is 0 Å². The lowest BCUT2D eigenvalue weighted by Crippen LogP contribution is -2.32. The second-order valence-corrected chi connectivity index (χ2v) is 4.78. The summed E-state index contributed by atoms with van der Waals surface area (Å²) in [5.74, 6) is 6.43. The Balaban J connectivity index is 2.12. The Labute approximate surface area is 98.2 Å². The molecule has 0 aliphatic heterocycles. The lowest BCUT2D eigenvalue weighted by Gasteiger charge is -2.23. The number of nitrogens with two attached hydrogens (primary N) is 1. The van der Waals surface area contributed by atoms with Gasteiger partial charge in [0.15, 0.2) is 0 Å². The second-order valence-electron chi connectivity index (χ2n) is 4.78. The van der Waals surface area contributed by atoms with Crippen LogP contribution in [0.2, 0.25) is 0 Å². The van der Waals surface area contributed by atoms with Gasteiger partial charge in [-0.1, -0.05) is 44.0 Å². The highest BCUT2D eigenvalue weighted by atomic mass is 15.2. The number of hydrogen-bond acceptors (Lipinski definition) is 2. The molecule has 0 amide bonds. The zero-order valence-electron chi connectivity index (χ0n) is 10.1. The van der Waals surface area contributed by atoms with Crippen LogP contribution in [0.4, 0.5) is 0 Å². The van der Waals surface area contributed by atoms with Crippen molar-refractivity contribution in [3.8, 4) is 0 Å². The third-order valence-corrected chi connectivity index (χ3v) is 3.80. The molecule has 2 heteroatoms.